The number of hydrogen-bond donors (Lipinski definition) is 1. The minimum atomic E-state index is -0.573. The van der Waals surface area contributed by atoms with Crippen LogP contribution in [-0.2, 0) is 16.1 Å². The number of halogens is 1. The lowest BCUT2D eigenvalue weighted by molar-refractivity contribution is -0.141. The quantitative estimate of drug-likeness (QED) is 0.468. The predicted octanol–water partition coefficient (Wildman–Crippen LogP) is 4.56. The summed E-state index contributed by atoms with van der Waals surface area (Å²) in [5.41, 5.74) is 0.960. The summed E-state index contributed by atoms with van der Waals surface area (Å²) < 4.78 is 11.8. The van der Waals surface area contributed by atoms with Gasteiger partial charge in [-0.3, -0.25) is 9.59 Å². The third kappa shape index (κ3) is 8.25. The molecule has 1 atom stereocenters. The molecule has 2 rings (SSSR count). The van der Waals surface area contributed by atoms with Crippen LogP contribution in [0.25, 0.3) is 0 Å². The number of hydrogen-bond acceptors (Lipinski definition) is 4. The Labute approximate surface area is 193 Å². The second-order valence-electron chi connectivity index (χ2n) is 7.62. The molecule has 31 heavy (non-hydrogen) atoms. The van der Waals surface area contributed by atoms with Gasteiger partial charge in [0.25, 0.3) is 0 Å². The van der Waals surface area contributed by atoms with Crippen LogP contribution in [0.15, 0.2) is 53.0 Å². The van der Waals surface area contributed by atoms with Gasteiger partial charge in [0.15, 0.2) is 0 Å². The molecule has 0 radical (unpaired) electrons. The first-order valence-corrected chi connectivity index (χ1v) is 11.2. The molecule has 2 aromatic rings. The van der Waals surface area contributed by atoms with Crippen LogP contribution in [0.4, 0.5) is 0 Å². The van der Waals surface area contributed by atoms with E-state index >= 15 is 0 Å². The van der Waals surface area contributed by atoms with Crippen LogP contribution < -0.4 is 14.8 Å². The maximum Gasteiger partial charge on any atom is 0.242 e. The minimum Gasteiger partial charge on any atom is -0.497 e. The van der Waals surface area contributed by atoms with Crippen molar-refractivity contribution in [2.24, 2.45) is 0 Å². The molecule has 0 fully saturated rings. The molecule has 0 saturated carbocycles. The van der Waals surface area contributed by atoms with E-state index in [1.807, 2.05) is 62.4 Å². The normalized spacial score (nSPS) is 11.7. The van der Waals surface area contributed by atoms with E-state index < -0.39 is 6.04 Å². The summed E-state index contributed by atoms with van der Waals surface area (Å²) in [4.78, 5) is 27.2. The number of rotatable bonds is 11. The molecule has 0 spiro atoms. The van der Waals surface area contributed by atoms with Crippen molar-refractivity contribution in [3.8, 4) is 11.5 Å². The topological polar surface area (TPSA) is 67.9 Å². The van der Waals surface area contributed by atoms with Crippen LogP contribution in [0.1, 0.15) is 39.2 Å². The average molecular weight is 491 g/mol. The molecule has 0 aliphatic rings. The van der Waals surface area contributed by atoms with Gasteiger partial charge in [-0.15, -0.1) is 0 Å². The Morgan fingerprint density at radius 1 is 1.06 bits per heavy atom. The molecule has 2 amide bonds. The van der Waals surface area contributed by atoms with Crippen LogP contribution in [-0.4, -0.2) is 42.5 Å². The zero-order valence-electron chi connectivity index (χ0n) is 18.6. The Morgan fingerprint density at radius 3 is 2.35 bits per heavy atom. The fourth-order valence-electron chi connectivity index (χ4n) is 3.05. The van der Waals surface area contributed by atoms with E-state index in [1.54, 1.807) is 18.9 Å². The Balaban J connectivity index is 1.98. The number of nitrogens with zero attached hydrogens (tertiary/aromatic N) is 1. The first kappa shape index (κ1) is 24.7. The largest absolute Gasteiger partial charge is 0.497 e. The molecule has 2 aromatic carbocycles. The van der Waals surface area contributed by atoms with Gasteiger partial charge in [-0.25, -0.2) is 0 Å². The van der Waals surface area contributed by atoms with Gasteiger partial charge in [0.2, 0.25) is 11.8 Å². The molecule has 1 N–H and O–H groups in total. The van der Waals surface area contributed by atoms with Crippen molar-refractivity contribution in [3.63, 3.8) is 0 Å². The molecule has 168 valence electrons. The monoisotopic (exact) mass is 490 g/mol. The maximum absolute atomic E-state index is 13.0. The van der Waals surface area contributed by atoms with E-state index in [0.717, 1.165) is 21.5 Å². The number of ether oxygens (including phenoxy) is 2. The number of amides is 2. The van der Waals surface area contributed by atoms with Crippen LogP contribution in [0.3, 0.4) is 0 Å². The summed E-state index contributed by atoms with van der Waals surface area (Å²) in [5.74, 6) is 1.25. The standard InChI is InChI=1S/C24H31BrN2O4/c1-17(2)26-24(29)18(3)27(16-19-7-5-8-20(25)15-19)23(28)9-6-14-31-22-12-10-21(30-4)11-13-22/h5,7-8,10-13,15,17-18H,6,9,14,16H2,1-4H3,(H,26,29)/t18-/m1/s1. The molecule has 6 nitrogen and oxygen atoms in total. The number of benzene rings is 2. The van der Waals surface area contributed by atoms with E-state index in [-0.39, 0.29) is 17.9 Å². The Hall–Kier alpha value is -2.54. The van der Waals surface area contributed by atoms with Gasteiger partial charge in [0.1, 0.15) is 17.5 Å². The average Bonchev–Trinajstić information content (AvgIpc) is 2.74. The van der Waals surface area contributed by atoms with E-state index in [2.05, 4.69) is 21.2 Å². The molecule has 0 bridgehead atoms. The molecule has 0 aromatic heterocycles. The highest BCUT2D eigenvalue weighted by Crippen LogP contribution is 2.18. The second kappa shape index (κ2) is 12.3. The summed E-state index contributed by atoms with van der Waals surface area (Å²) in [6, 6.07) is 14.5. The second-order valence-corrected chi connectivity index (χ2v) is 8.53. The third-order valence-electron chi connectivity index (χ3n) is 4.70. The number of carbonyl (C=O) groups is 2. The van der Waals surface area contributed by atoms with Gasteiger partial charge in [0.05, 0.1) is 13.7 Å². The first-order chi connectivity index (χ1) is 14.8. The Morgan fingerprint density at radius 2 is 1.74 bits per heavy atom. The van der Waals surface area contributed by atoms with Crippen molar-refractivity contribution < 1.29 is 19.1 Å². The highest BCUT2D eigenvalue weighted by molar-refractivity contribution is 9.10. The van der Waals surface area contributed by atoms with Gasteiger partial charge in [-0.05, 0) is 69.2 Å². The van der Waals surface area contributed by atoms with E-state index in [9.17, 15) is 9.59 Å². The van der Waals surface area contributed by atoms with Gasteiger partial charge < -0.3 is 19.7 Å². The first-order valence-electron chi connectivity index (χ1n) is 10.4. The fourth-order valence-corrected chi connectivity index (χ4v) is 3.50. The van der Waals surface area contributed by atoms with Gasteiger partial charge in [0, 0.05) is 23.5 Å². The summed E-state index contributed by atoms with van der Waals surface area (Å²) in [6.07, 6.45) is 0.849. The van der Waals surface area contributed by atoms with Gasteiger partial charge in [-0.1, -0.05) is 28.1 Å². The van der Waals surface area contributed by atoms with E-state index in [0.29, 0.717) is 26.0 Å². The van der Waals surface area contributed by atoms with E-state index in [1.165, 1.54) is 0 Å². The van der Waals surface area contributed by atoms with Gasteiger partial charge >= 0.3 is 0 Å². The van der Waals surface area contributed by atoms with Gasteiger partial charge in [-0.2, -0.15) is 0 Å². The molecule has 0 heterocycles. The van der Waals surface area contributed by atoms with Crippen molar-refractivity contribution in [1.82, 2.24) is 10.2 Å². The van der Waals surface area contributed by atoms with Crippen LogP contribution in [0.2, 0.25) is 0 Å². The lowest BCUT2D eigenvalue weighted by Crippen LogP contribution is -2.49. The highest BCUT2D eigenvalue weighted by atomic mass is 79.9. The number of nitrogens with one attached hydrogen (secondary N) is 1. The smallest absolute Gasteiger partial charge is 0.242 e. The van der Waals surface area contributed by atoms with E-state index in [4.69, 9.17) is 9.47 Å². The number of methoxy groups -OCH3 is 1. The lowest BCUT2D eigenvalue weighted by atomic mass is 10.1. The lowest BCUT2D eigenvalue weighted by Gasteiger charge is -2.29. The fraction of sp³-hybridized carbons (Fsp3) is 0.417. The SMILES string of the molecule is COc1ccc(OCCCC(=O)N(Cc2cccc(Br)c2)[C@H](C)C(=O)NC(C)C)cc1. The zero-order chi connectivity index (χ0) is 22.8. The third-order valence-corrected chi connectivity index (χ3v) is 5.20. The molecule has 0 unspecified atom stereocenters. The maximum atomic E-state index is 13.0. The molecule has 0 saturated heterocycles. The summed E-state index contributed by atoms with van der Waals surface area (Å²) in [7, 11) is 1.61. The van der Waals surface area contributed by atoms with Crippen molar-refractivity contribution in [1.29, 1.82) is 0 Å². The Bertz CT molecular complexity index is 855. The van der Waals surface area contributed by atoms with Crippen molar-refractivity contribution in [3.05, 3.63) is 58.6 Å². The van der Waals surface area contributed by atoms with Crippen LogP contribution >= 0.6 is 15.9 Å². The molecule has 0 aliphatic carbocycles. The Kier molecular flexibility index (Phi) is 9.85. The number of carbonyl (C=O) groups excluding carboxylic acids is 2. The summed E-state index contributed by atoms with van der Waals surface area (Å²) in [5, 5.41) is 2.90. The van der Waals surface area contributed by atoms with Crippen molar-refractivity contribution in [2.45, 2.75) is 52.2 Å². The molecular formula is C24H31BrN2O4. The van der Waals surface area contributed by atoms with Crippen LogP contribution in [0, 0.1) is 0 Å². The molecule has 7 heteroatoms. The summed E-state index contributed by atoms with van der Waals surface area (Å²) >= 11 is 3.46. The molecule has 0 aliphatic heterocycles. The van der Waals surface area contributed by atoms with Crippen LogP contribution in [0.5, 0.6) is 11.5 Å². The van der Waals surface area contributed by atoms with Crippen molar-refractivity contribution >= 4 is 27.7 Å². The minimum absolute atomic E-state index is 0.00988. The summed E-state index contributed by atoms with van der Waals surface area (Å²) in [6.45, 7) is 6.35. The predicted molar refractivity (Wildman–Crippen MR) is 125 cm³/mol. The highest BCUT2D eigenvalue weighted by Gasteiger charge is 2.26. The van der Waals surface area contributed by atoms with Crippen molar-refractivity contribution in [2.75, 3.05) is 13.7 Å². The zero-order valence-corrected chi connectivity index (χ0v) is 20.1. The molecular weight excluding hydrogens is 460 g/mol.